The Balaban J connectivity index is 1.62. The van der Waals surface area contributed by atoms with E-state index in [9.17, 15) is 8.42 Å². The van der Waals surface area contributed by atoms with Gasteiger partial charge in [0.25, 0.3) is 10.0 Å². The molecule has 3 heterocycles. The summed E-state index contributed by atoms with van der Waals surface area (Å²) in [5.41, 5.74) is 3.32. The Bertz CT molecular complexity index is 1020. The topological polar surface area (TPSA) is 50.3 Å². The predicted molar refractivity (Wildman–Crippen MR) is 106 cm³/mol. The van der Waals surface area contributed by atoms with Gasteiger partial charge in [-0.15, -0.1) is 22.7 Å². The van der Waals surface area contributed by atoms with Crippen LogP contribution in [0.2, 0.25) is 0 Å². The van der Waals surface area contributed by atoms with E-state index < -0.39 is 10.0 Å². The highest BCUT2D eigenvalue weighted by Gasteiger charge is 2.31. The van der Waals surface area contributed by atoms with Crippen molar-refractivity contribution in [2.45, 2.75) is 24.1 Å². The molecule has 130 valence electrons. The minimum atomic E-state index is -3.44. The first kappa shape index (κ1) is 17.4. The van der Waals surface area contributed by atoms with Gasteiger partial charge in [0.05, 0.1) is 16.0 Å². The first-order valence-electron chi connectivity index (χ1n) is 7.74. The van der Waals surface area contributed by atoms with Crippen molar-refractivity contribution in [1.82, 2.24) is 9.29 Å². The van der Waals surface area contributed by atoms with Crippen molar-refractivity contribution in [3.63, 3.8) is 0 Å². The second kappa shape index (κ2) is 6.59. The van der Waals surface area contributed by atoms with E-state index in [0.29, 0.717) is 23.7 Å². The number of halogens is 1. The molecule has 2 aromatic heterocycles. The van der Waals surface area contributed by atoms with Crippen molar-refractivity contribution < 1.29 is 8.42 Å². The monoisotopic (exact) mass is 454 g/mol. The van der Waals surface area contributed by atoms with E-state index in [4.69, 9.17) is 4.98 Å². The maximum Gasteiger partial charge on any atom is 0.252 e. The molecule has 4 rings (SSSR count). The fraction of sp³-hybridized carbons (Fsp3) is 0.235. The van der Waals surface area contributed by atoms with Crippen LogP contribution < -0.4 is 0 Å². The summed E-state index contributed by atoms with van der Waals surface area (Å²) in [5, 5.41) is 0.961. The van der Waals surface area contributed by atoms with Crippen molar-refractivity contribution in [2.75, 3.05) is 6.54 Å². The number of aromatic nitrogens is 1. The molecule has 0 unspecified atom stereocenters. The molecule has 0 bridgehead atoms. The predicted octanol–water partition coefficient (Wildman–Crippen LogP) is 4.69. The lowest BCUT2D eigenvalue weighted by molar-refractivity contribution is 0.394. The number of aryl methyl sites for hydroxylation is 1. The van der Waals surface area contributed by atoms with E-state index in [-0.39, 0.29) is 0 Å². The second-order valence-corrected chi connectivity index (χ2v) is 11.6. The van der Waals surface area contributed by atoms with Gasteiger partial charge in [-0.3, -0.25) is 0 Å². The molecule has 8 heteroatoms. The average molecular weight is 455 g/mol. The highest BCUT2D eigenvalue weighted by Crippen LogP contribution is 2.35. The van der Waals surface area contributed by atoms with Crippen LogP contribution in [0.15, 0.2) is 44.4 Å². The highest BCUT2D eigenvalue weighted by molar-refractivity contribution is 9.11. The van der Waals surface area contributed by atoms with Crippen LogP contribution in [0.25, 0.3) is 10.6 Å². The summed E-state index contributed by atoms with van der Waals surface area (Å²) in [5.74, 6) is 0. The number of fused-ring (bicyclic) bond motifs is 1. The summed E-state index contributed by atoms with van der Waals surface area (Å²) in [7, 11) is -3.44. The van der Waals surface area contributed by atoms with Crippen molar-refractivity contribution in [1.29, 1.82) is 0 Å². The van der Waals surface area contributed by atoms with Gasteiger partial charge in [-0.05, 0) is 35.0 Å². The Kier molecular flexibility index (Phi) is 4.57. The molecule has 0 saturated carbocycles. The number of rotatable bonds is 3. The van der Waals surface area contributed by atoms with Gasteiger partial charge >= 0.3 is 0 Å². The Morgan fingerprint density at radius 3 is 2.56 bits per heavy atom. The van der Waals surface area contributed by atoms with Gasteiger partial charge in [0, 0.05) is 23.4 Å². The smallest absolute Gasteiger partial charge is 0.241 e. The quantitative estimate of drug-likeness (QED) is 0.576. The highest BCUT2D eigenvalue weighted by atomic mass is 79.9. The third kappa shape index (κ3) is 3.33. The minimum Gasteiger partial charge on any atom is -0.241 e. The van der Waals surface area contributed by atoms with E-state index in [0.717, 1.165) is 24.9 Å². The molecule has 0 atom stereocenters. The van der Waals surface area contributed by atoms with E-state index in [1.807, 2.05) is 0 Å². The van der Waals surface area contributed by atoms with E-state index in [1.54, 1.807) is 27.8 Å². The van der Waals surface area contributed by atoms with Crippen LogP contribution in [-0.4, -0.2) is 24.3 Å². The lowest BCUT2D eigenvalue weighted by Crippen LogP contribution is -2.35. The van der Waals surface area contributed by atoms with Crippen molar-refractivity contribution >= 4 is 48.6 Å². The van der Waals surface area contributed by atoms with Crippen LogP contribution >= 0.6 is 38.6 Å². The Morgan fingerprint density at radius 1 is 1.12 bits per heavy atom. The summed E-state index contributed by atoms with van der Waals surface area (Å²) in [6.45, 7) is 2.93. The lowest BCUT2D eigenvalue weighted by Gasteiger charge is -2.24. The van der Waals surface area contributed by atoms with E-state index in [1.165, 1.54) is 16.9 Å². The minimum absolute atomic E-state index is 0.381. The number of hydrogen-bond acceptors (Lipinski definition) is 5. The number of benzene rings is 1. The zero-order chi connectivity index (χ0) is 17.6. The van der Waals surface area contributed by atoms with Gasteiger partial charge in [-0.2, -0.15) is 4.31 Å². The zero-order valence-corrected chi connectivity index (χ0v) is 17.4. The number of thiazole rings is 1. The van der Waals surface area contributed by atoms with Gasteiger partial charge in [-0.1, -0.05) is 29.8 Å². The largest absolute Gasteiger partial charge is 0.252 e. The number of thiophene rings is 1. The molecular formula is C17H15BrN2O2S3. The Hall–Kier alpha value is -1.06. The SMILES string of the molecule is Cc1ccc(-c2nc3c(s2)CN(S(=O)(=O)c2ccc(Br)s2)CC3)cc1. The summed E-state index contributed by atoms with van der Waals surface area (Å²) in [4.78, 5) is 5.78. The fourth-order valence-electron chi connectivity index (χ4n) is 2.76. The van der Waals surface area contributed by atoms with Gasteiger partial charge in [0.15, 0.2) is 0 Å². The zero-order valence-electron chi connectivity index (χ0n) is 13.4. The molecule has 25 heavy (non-hydrogen) atoms. The molecular weight excluding hydrogens is 440 g/mol. The molecule has 0 amide bonds. The second-order valence-electron chi connectivity index (χ2n) is 5.90. The van der Waals surface area contributed by atoms with Gasteiger partial charge < -0.3 is 0 Å². The number of nitrogens with zero attached hydrogens (tertiary/aromatic N) is 2. The Labute approximate surface area is 163 Å². The molecule has 0 fully saturated rings. The molecule has 4 nitrogen and oxygen atoms in total. The molecule has 1 aliphatic heterocycles. The standard InChI is InChI=1S/C17H15BrN2O2S3/c1-11-2-4-12(5-3-11)17-19-13-8-9-20(10-14(13)23-17)25(21,22)16-7-6-15(18)24-16/h2-7H,8-10H2,1H3. The van der Waals surface area contributed by atoms with Crippen LogP contribution in [0.1, 0.15) is 16.1 Å². The van der Waals surface area contributed by atoms with Crippen molar-refractivity contribution in [3.05, 3.63) is 56.3 Å². The van der Waals surface area contributed by atoms with Crippen LogP contribution in [0, 0.1) is 6.92 Å². The molecule has 0 N–H and O–H groups in total. The fourth-order valence-corrected chi connectivity index (χ4v) is 7.54. The van der Waals surface area contributed by atoms with Gasteiger partial charge in [-0.25, -0.2) is 13.4 Å². The van der Waals surface area contributed by atoms with Crippen molar-refractivity contribution in [3.8, 4) is 10.6 Å². The summed E-state index contributed by atoms with van der Waals surface area (Å²) < 4.78 is 28.4. The molecule has 1 aromatic carbocycles. The number of hydrogen-bond donors (Lipinski definition) is 0. The van der Waals surface area contributed by atoms with Crippen molar-refractivity contribution in [2.24, 2.45) is 0 Å². The van der Waals surface area contributed by atoms with Crippen LogP contribution in [0.5, 0.6) is 0 Å². The maximum absolute atomic E-state index is 12.8. The molecule has 0 radical (unpaired) electrons. The molecule has 0 aliphatic carbocycles. The van der Waals surface area contributed by atoms with Crippen LogP contribution in [0.3, 0.4) is 0 Å². The lowest BCUT2D eigenvalue weighted by atomic mass is 10.1. The Morgan fingerprint density at radius 2 is 1.88 bits per heavy atom. The third-order valence-electron chi connectivity index (χ3n) is 4.14. The first-order chi connectivity index (χ1) is 11.9. The average Bonchev–Trinajstić information content (AvgIpc) is 3.21. The van der Waals surface area contributed by atoms with Crippen LogP contribution in [-0.2, 0) is 23.0 Å². The first-order valence-corrected chi connectivity index (χ1v) is 11.6. The van der Waals surface area contributed by atoms with Gasteiger partial charge in [0.2, 0.25) is 0 Å². The molecule has 0 spiro atoms. The third-order valence-corrected chi connectivity index (χ3v) is 9.21. The summed E-state index contributed by atoms with van der Waals surface area (Å²) >= 11 is 6.18. The molecule has 0 saturated heterocycles. The van der Waals surface area contributed by atoms with Gasteiger partial charge in [0.1, 0.15) is 9.22 Å². The molecule has 1 aliphatic rings. The van der Waals surface area contributed by atoms with E-state index >= 15 is 0 Å². The number of sulfonamides is 1. The van der Waals surface area contributed by atoms with Crippen LogP contribution in [0.4, 0.5) is 0 Å². The molecule has 3 aromatic rings. The maximum atomic E-state index is 12.8. The van der Waals surface area contributed by atoms with E-state index in [2.05, 4.69) is 47.1 Å². The normalized spacial score (nSPS) is 15.3. The summed E-state index contributed by atoms with van der Waals surface area (Å²) in [6.07, 6.45) is 0.656. The summed E-state index contributed by atoms with van der Waals surface area (Å²) in [6, 6.07) is 11.7.